The lowest BCUT2D eigenvalue weighted by Gasteiger charge is -2.21. The molecule has 0 aliphatic carbocycles. The summed E-state index contributed by atoms with van der Waals surface area (Å²) in [6.45, 7) is 5.67. The first-order chi connectivity index (χ1) is 8.43. The Morgan fingerprint density at radius 3 is 2.83 bits per heavy atom. The van der Waals surface area contributed by atoms with Crippen molar-refractivity contribution in [2.75, 3.05) is 13.7 Å². The largest absolute Gasteiger partial charge is 0.459 e. The van der Waals surface area contributed by atoms with E-state index < -0.39 is 11.4 Å². The Bertz CT molecular complexity index is 459. The molecule has 0 spiro atoms. The molecule has 0 saturated carbocycles. The molecule has 1 aromatic rings. The van der Waals surface area contributed by atoms with Gasteiger partial charge >= 0.3 is 0 Å². The van der Waals surface area contributed by atoms with Crippen LogP contribution < -0.4 is 5.32 Å². The van der Waals surface area contributed by atoms with Crippen molar-refractivity contribution in [2.24, 2.45) is 0 Å². The minimum atomic E-state index is -1.06. The smallest absolute Gasteiger partial charge is 0.288 e. The third-order valence-corrected chi connectivity index (χ3v) is 2.59. The minimum Gasteiger partial charge on any atom is -0.459 e. The monoisotopic (exact) mass is 250 g/mol. The van der Waals surface area contributed by atoms with Gasteiger partial charge in [0, 0.05) is 12.7 Å². The second kappa shape index (κ2) is 5.69. The summed E-state index contributed by atoms with van der Waals surface area (Å²) in [4.78, 5) is 12.1. The van der Waals surface area contributed by atoms with Crippen molar-refractivity contribution >= 4 is 5.91 Å². The highest BCUT2D eigenvalue weighted by molar-refractivity contribution is 5.93. The number of hydrogen-bond acceptors (Lipinski definition) is 4. The van der Waals surface area contributed by atoms with Crippen LogP contribution in [0.3, 0.4) is 0 Å². The summed E-state index contributed by atoms with van der Waals surface area (Å²) in [6.07, 6.45) is 1.48. The number of furan rings is 1. The van der Waals surface area contributed by atoms with Crippen LogP contribution in [0.5, 0.6) is 0 Å². The average Bonchev–Trinajstić information content (AvgIpc) is 2.78. The van der Waals surface area contributed by atoms with Gasteiger partial charge in [-0.15, -0.1) is 0 Å². The van der Waals surface area contributed by atoms with Crippen LogP contribution in [0, 0.1) is 11.3 Å². The normalized spacial score (nSPS) is 14.0. The molecule has 1 atom stereocenters. The molecule has 0 fully saturated rings. The molecule has 1 amide bonds. The van der Waals surface area contributed by atoms with Gasteiger partial charge < -0.3 is 14.5 Å². The molecule has 0 aromatic carbocycles. The zero-order valence-corrected chi connectivity index (χ0v) is 11.1. The van der Waals surface area contributed by atoms with Crippen LogP contribution in [-0.2, 0) is 4.74 Å². The lowest BCUT2D eigenvalue weighted by Crippen LogP contribution is -2.48. The highest BCUT2D eigenvalue weighted by atomic mass is 16.5. The molecule has 98 valence electrons. The fourth-order valence-electron chi connectivity index (χ4n) is 1.65. The molecule has 0 saturated heterocycles. The second-order valence-electron chi connectivity index (χ2n) is 4.69. The predicted octanol–water partition coefficient (Wildman–Crippen LogP) is 2.06. The van der Waals surface area contributed by atoms with Gasteiger partial charge in [0.05, 0.1) is 18.9 Å². The van der Waals surface area contributed by atoms with Gasteiger partial charge in [0.25, 0.3) is 5.91 Å². The maximum Gasteiger partial charge on any atom is 0.288 e. The quantitative estimate of drug-likeness (QED) is 0.867. The van der Waals surface area contributed by atoms with E-state index in [-0.39, 0.29) is 18.3 Å². The van der Waals surface area contributed by atoms with E-state index in [1.54, 1.807) is 13.0 Å². The number of rotatable bonds is 5. The van der Waals surface area contributed by atoms with Crippen molar-refractivity contribution in [3.8, 4) is 6.07 Å². The number of methoxy groups -OCH3 is 1. The molecule has 0 aliphatic rings. The van der Waals surface area contributed by atoms with Crippen molar-refractivity contribution in [1.29, 1.82) is 5.26 Å². The molecule has 0 unspecified atom stereocenters. The Morgan fingerprint density at radius 1 is 1.67 bits per heavy atom. The number of ether oxygens (including phenoxy) is 1. The summed E-state index contributed by atoms with van der Waals surface area (Å²) in [7, 11) is 1.48. The molecule has 5 heteroatoms. The summed E-state index contributed by atoms with van der Waals surface area (Å²) >= 11 is 0. The van der Waals surface area contributed by atoms with E-state index >= 15 is 0 Å². The highest BCUT2D eigenvalue weighted by Crippen LogP contribution is 2.21. The van der Waals surface area contributed by atoms with E-state index in [9.17, 15) is 4.79 Å². The molecule has 1 rings (SSSR count). The molecule has 0 aliphatic heterocycles. The minimum absolute atomic E-state index is 0.118. The van der Waals surface area contributed by atoms with Crippen molar-refractivity contribution in [1.82, 2.24) is 5.32 Å². The summed E-state index contributed by atoms with van der Waals surface area (Å²) in [6, 6.07) is 3.79. The zero-order chi connectivity index (χ0) is 13.8. The second-order valence-corrected chi connectivity index (χ2v) is 4.69. The zero-order valence-electron chi connectivity index (χ0n) is 11.1. The SMILES string of the molecule is COC[C@](C)(C#N)NC(=O)c1occc1C(C)C. The molecule has 0 bridgehead atoms. The predicted molar refractivity (Wildman–Crippen MR) is 66.2 cm³/mol. The van der Waals surface area contributed by atoms with Crippen LogP contribution in [0.15, 0.2) is 16.7 Å². The Morgan fingerprint density at radius 2 is 2.33 bits per heavy atom. The van der Waals surface area contributed by atoms with E-state index in [1.807, 2.05) is 19.9 Å². The molecule has 0 radical (unpaired) electrons. The molecule has 18 heavy (non-hydrogen) atoms. The Kier molecular flexibility index (Phi) is 4.51. The number of hydrogen-bond donors (Lipinski definition) is 1. The van der Waals surface area contributed by atoms with E-state index in [0.717, 1.165) is 5.56 Å². The standard InChI is InChI=1S/C13H18N2O3/c1-9(2)10-5-6-18-11(10)12(16)15-13(3,7-14)8-17-4/h5-6,9H,8H2,1-4H3,(H,15,16)/t13-/m0/s1. The van der Waals surface area contributed by atoms with Gasteiger partial charge in [-0.2, -0.15) is 5.26 Å². The topological polar surface area (TPSA) is 75.3 Å². The molecule has 1 heterocycles. The number of carbonyl (C=O) groups is 1. The van der Waals surface area contributed by atoms with E-state index in [1.165, 1.54) is 13.4 Å². The van der Waals surface area contributed by atoms with Crippen LogP contribution in [0.1, 0.15) is 42.8 Å². The van der Waals surface area contributed by atoms with Crippen LogP contribution in [0.25, 0.3) is 0 Å². The Balaban J connectivity index is 2.89. The van der Waals surface area contributed by atoms with E-state index in [4.69, 9.17) is 14.4 Å². The Hall–Kier alpha value is -1.80. The van der Waals surface area contributed by atoms with Gasteiger partial charge in [-0.3, -0.25) is 4.79 Å². The average molecular weight is 250 g/mol. The third kappa shape index (κ3) is 3.11. The van der Waals surface area contributed by atoms with Crippen molar-refractivity contribution < 1.29 is 13.9 Å². The van der Waals surface area contributed by atoms with Gasteiger partial charge in [0.15, 0.2) is 5.76 Å². The maximum atomic E-state index is 12.1. The number of nitriles is 1. The first-order valence-corrected chi connectivity index (χ1v) is 5.73. The fourth-order valence-corrected chi connectivity index (χ4v) is 1.65. The molecular weight excluding hydrogens is 232 g/mol. The Labute approximate surface area is 107 Å². The molecule has 1 N–H and O–H groups in total. The lowest BCUT2D eigenvalue weighted by atomic mass is 10.0. The summed E-state index contributed by atoms with van der Waals surface area (Å²) in [5.74, 6) is 0.0349. The van der Waals surface area contributed by atoms with Gasteiger partial charge in [-0.05, 0) is 18.9 Å². The molecule has 5 nitrogen and oxygen atoms in total. The first kappa shape index (κ1) is 14.3. The van der Waals surface area contributed by atoms with Gasteiger partial charge in [-0.1, -0.05) is 13.8 Å². The number of amides is 1. The van der Waals surface area contributed by atoms with Gasteiger partial charge in [0.1, 0.15) is 5.54 Å². The third-order valence-electron chi connectivity index (χ3n) is 2.59. The van der Waals surface area contributed by atoms with Crippen molar-refractivity contribution in [2.45, 2.75) is 32.2 Å². The van der Waals surface area contributed by atoms with E-state index in [0.29, 0.717) is 0 Å². The highest BCUT2D eigenvalue weighted by Gasteiger charge is 2.29. The van der Waals surface area contributed by atoms with Crippen LogP contribution in [0.4, 0.5) is 0 Å². The number of nitrogens with zero attached hydrogens (tertiary/aromatic N) is 1. The summed E-state index contributed by atoms with van der Waals surface area (Å²) in [5.41, 5.74) is -0.238. The maximum absolute atomic E-state index is 12.1. The van der Waals surface area contributed by atoms with Crippen molar-refractivity contribution in [3.63, 3.8) is 0 Å². The van der Waals surface area contributed by atoms with E-state index in [2.05, 4.69) is 5.32 Å². The van der Waals surface area contributed by atoms with Crippen LogP contribution in [-0.4, -0.2) is 25.2 Å². The summed E-state index contributed by atoms with van der Waals surface area (Å²) < 4.78 is 10.1. The summed E-state index contributed by atoms with van der Waals surface area (Å²) in [5, 5.41) is 11.7. The lowest BCUT2D eigenvalue weighted by molar-refractivity contribution is 0.0831. The van der Waals surface area contributed by atoms with Crippen molar-refractivity contribution in [3.05, 3.63) is 23.7 Å². The van der Waals surface area contributed by atoms with Gasteiger partial charge in [0.2, 0.25) is 0 Å². The molecule has 1 aromatic heterocycles. The number of carbonyl (C=O) groups excluding carboxylic acids is 1. The first-order valence-electron chi connectivity index (χ1n) is 5.73. The molecular formula is C13H18N2O3. The van der Waals surface area contributed by atoms with Crippen LogP contribution >= 0.6 is 0 Å². The van der Waals surface area contributed by atoms with Crippen LogP contribution in [0.2, 0.25) is 0 Å². The van der Waals surface area contributed by atoms with Gasteiger partial charge in [-0.25, -0.2) is 0 Å². The fraction of sp³-hybridized carbons (Fsp3) is 0.538. The number of nitrogens with one attached hydrogen (secondary N) is 1.